The summed E-state index contributed by atoms with van der Waals surface area (Å²) in [6.07, 6.45) is 1.75. The molecule has 33 heavy (non-hydrogen) atoms. The molecule has 0 radical (unpaired) electrons. The van der Waals surface area contributed by atoms with E-state index in [1.165, 1.54) is 40.7 Å². The summed E-state index contributed by atoms with van der Waals surface area (Å²) in [4.78, 5) is 10.9. The van der Waals surface area contributed by atoms with Crippen molar-refractivity contribution in [3.8, 4) is 0 Å². The molecule has 0 aliphatic carbocycles. The van der Waals surface area contributed by atoms with Gasteiger partial charge in [-0.05, 0) is 42.8 Å². The Morgan fingerprint density at radius 1 is 1.03 bits per heavy atom. The SMILES string of the molecule is CCCCNc1ccc(S(=O)(=O)N2CCOCC2)cc1NS(=O)(=O)c1cccc(C(=O)O)c1. The van der Waals surface area contributed by atoms with Gasteiger partial charge in [0.05, 0.1) is 39.9 Å². The first-order chi connectivity index (χ1) is 15.6. The highest BCUT2D eigenvalue weighted by Crippen LogP contribution is 2.30. The number of ether oxygens (including phenoxy) is 1. The zero-order valence-corrected chi connectivity index (χ0v) is 19.8. The molecule has 1 fully saturated rings. The fourth-order valence-corrected chi connectivity index (χ4v) is 5.81. The molecule has 2 aromatic rings. The summed E-state index contributed by atoms with van der Waals surface area (Å²) in [5.41, 5.74) is 0.298. The van der Waals surface area contributed by atoms with Crippen molar-refractivity contribution in [2.75, 3.05) is 42.9 Å². The highest BCUT2D eigenvalue weighted by atomic mass is 32.2. The normalized spacial score (nSPS) is 15.2. The molecule has 10 nitrogen and oxygen atoms in total. The van der Waals surface area contributed by atoms with Gasteiger partial charge in [0.25, 0.3) is 10.0 Å². The number of sulfonamides is 2. The maximum absolute atomic E-state index is 13.1. The number of benzene rings is 2. The summed E-state index contributed by atoms with van der Waals surface area (Å²) < 4.78 is 61.1. The van der Waals surface area contributed by atoms with Crippen LogP contribution in [-0.4, -0.2) is 65.1 Å². The van der Waals surface area contributed by atoms with Gasteiger partial charge in [-0.1, -0.05) is 19.4 Å². The van der Waals surface area contributed by atoms with Crippen molar-refractivity contribution in [3.63, 3.8) is 0 Å². The van der Waals surface area contributed by atoms with Crippen molar-refractivity contribution in [1.29, 1.82) is 0 Å². The molecule has 0 spiro atoms. The van der Waals surface area contributed by atoms with Crippen molar-refractivity contribution in [2.45, 2.75) is 29.6 Å². The average molecular weight is 498 g/mol. The van der Waals surface area contributed by atoms with Crippen molar-refractivity contribution in [3.05, 3.63) is 48.0 Å². The molecule has 0 atom stereocenters. The minimum absolute atomic E-state index is 0.0533. The molecule has 1 aliphatic rings. The van der Waals surface area contributed by atoms with Crippen LogP contribution in [-0.2, 0) is 24.8 Å². The number of unbranched alkanes of at least 4 members (excludes halogenated alkanes) is 1. The molecule has 2 aromatic carbocycles. The lowest BCUT2D eigenvalue weighted by Gasteiger charge is -2.26. The molecule has 1 aliphatic heterocycles. The Hall–Kier alpha value is -2.67. The standard InChI is InChI=1S/C21H27N3O7S2/c1-2-3-9-22-19-8-7-18(33(29,30)24-10-12-31-13-11-24)15-20(19)23-32(27,28)17-6-4-5-16(14-17)21(25)26/h4-8,14-15,22-23H,2-3,9-13H2,1H3,(H,25,26). The minimum Gasteiger partial charge on any atom is -0.478 e. The molecule has 1 saturated heterocycles. The first-order valence-corrected chi connectivity index (χ1v) is 13.4. The van der Waals surface area contributed by atoms with Crippen LogP contribution in [0.1, 0.15) is 30.1 Å². The highest BCUT2D eigenvalue weighted by Gasteiger charge is 2.28. The first-order valence-electron chi connectivity index (χ1n) is 10.5. The van der Waals surface area contributed by atoms with E-state index in [2.05, 4.69) is 10.0 Å². The van der Waals surface area contributed by atoms with Gasteiger partial charge in [0, 0.05) is 19.6 Å². The predicted octanol–water partition coefficient (Wildman–Crippen LogP) is 2.42. The van der Waals surface area contributed by atoms with E-state index in [1.807, 2.05) is 6.92 Å². The second kappa shape index (κ2) is 10.5. The van der Waals surface area contributed by atoms with Gasteiger partial charge in [0.1, 0.15) is 0 Å². The number of hydrogen-bond acceptors (Lipinski definition) is 7. The van der Waals surface area contributed by atoms with Gasteiger partial charge in [0.2, 0.25) is 10.0 Å². The number of hydrogen-bond donors (Lipinski definition) is 3. The Labute approximate surface area is 193 Å². The number of carboxylic acids is 1. The van der Waals surface area contributed by atoms with Crippen LogP contribution in [0.25, 0.3) is 0 Å². The van der Waals surface area contributed by atoms with E-state index in [0.717, 1.165) is 18.9 Å². The smallest absolute Gasteiger partial charge is 0.335 e. The molecule has 180 valence electrons. The lowest BCUT2D eigenvalue weighted by molar-refractivity contribution is 0.0696. The molecule has 3 N–H and O–H groups in total. The lowest BCUT2D eigenvalue weighted by atomic mass is 10.2. The first kappa shape index (κ1) is 25.0. The number of nitrogens with zero attached hydrogens (tertiary/aromatic N) is 1. The Morgan fingerprint density at radius 2 is 1.76 bits per heavy atom. The van der Waals surface area contributed by atoms with Crippen molar-refractivity contribution in [1.82, 2.24) is 4.31 Å². The van der Waals surface area contributed by atoms with Gasteiger partial charge in [-0.25, -0.2) is 21.6 Å². The highest BCUT2D eigenvalue weighted by molar-refractivity contribution is 7.92. The van der Waals surface area contributed by atoms with Gasteiger partial charge >= 0.3 is 5.97 Å². The number of nitrogens with one attached hydrogen (secondary N) is 2. The van der Waals surface area contributed by atoms with Gasteiger partial charge in [0.15, 0.2) is 0 Å². The van der Waals surface area contributed by atoms with Crippen LogP contribution < -0.4 is 10.0 Å². The summed E-state index contributed by atoms with van der Waals surface area (Å²) in [6.45, 7) is 3.57. The molecule has 1 heterocycles. The molecule has 0 unspecified atom stereocenters. The third kappa shape index (κ3) is 6.02. The number of carbonyl (C=O) groups is 1. The van der Waals surface area contributed by atoms with Crippen LogP contribution in [0.5, 0.6) is 0 Å². The summed E-state index contributed by atoms with van der Waals surface area (Å²) in [7, 11) is -8.04. The maximum Gasteiger partial charge on any atom is 0.335 e. The third-order valence-electron chi connectivity index (χ3n) is 5.08. The summed E-state index contributed by atoms with van der Waals surface area (Å²) in [5, 5.41) is 12.3. The lowest BCUT2D eigenvalue weighted by Crippen LogP contribution is -2.40. The molecule has 0 saturated carbocycles. The van der Waals surface area contributed by atoms with E-state index >= 15 is 0 Å². The van der Waals surface area contributed by atoms with Crippen molar-refractivity contribution < 1.29 is 31.5 Å². The van der Waals surface area contributed by atoms with Gasteiger partial charge < -0.3 is 15.2 Å². The molecule has 3 rings (SSSR count). The second-order valence-electron chi connectivity index (χ2n) is 7.44. The number of aromatic carboxylic acids is 1. The minimum atomic E-state index is -4.19. The molecular weight excluding hydrogens is 470 g/mol. The summed E-state index contributed by atoms with van der Waals surface area (Å²) >= 11 is 0. The van der Waals surface area contributed by atoms with Crippen LogP contribution in [0.15, 0.2) is 52.3 Å². The zero-order chi connectivity index (χ0) is 24.1. The summed E-state index contributed by atoms with van der Waals surface area (Å²) in [5.74, 6) is -1.26. The fraction of sp³-hybridized carbons (Fsp3) is 0.381. The molecular formula is C21H27N3O7S2. The number of carboxylic acid groups (broad SMARTS) is 1. The van der Waals surface area contributed by atoms with Crippen LogP contribution in [0.3, 0.4) is 0 Å². The third-order valence-corrected chi connectivity index (χ3v) is 8.34. The van der Waals surface area contributed by atoms with Crippen molar-refractivity contribution >= 4 is 37.4 Å². The van der Waals surface area contributed by atoms with Crippen molar-refractivity contribution in [2.24, 2.45) is 0 Å². The van der Waals surface area contributed by atoms with Crippen LogP contribution in [0.4, 0.5) is 11.4 Å². The molecule has 0 amide bonds. The van der Waals surface area contributed by atoms with Crippen LogP contribution >= 0.6 is 0 Å². The second-order valence-corrected chi connectivity index (χ2v) is 11.1. The number of anilines is 2. The molecule has 0 bridgehead atoms. The fourth-order valence-electron chi connectivity index (χ4n) is 3.26. The van der Waals surface area contributed by atoms with Crippen LogP contribution in [0.2, 0.25) is 0 Å². The van der Waals surface area contributed by atoms with Crippen LogP contribution in [0, 0.1) is 0 Å². The van der Waals surface area contributed by atoms with Gasteiger partial charge in [-0.15, -0.1) is 0 Å². The van der Waals surface area contributed by atoms with Gasteiger partial charge in [-0.3, -0.25) is 4.72 Å². The largest absolute Gasteiger partial charge is 0.478 e. The maximum atomic E-state index is 13.1. The predicted molar refractivity (Wildman–Crippen MR) is 124 cm³/mol. The Kier molecular flexibility index (Phi) is 7.95. The number of morpholine rings is 1. The Balaban J connectivity index is 1.99. The topological polar surface area (TPSA) is 142 Å². The van der Waals surface area contributed by atoms with E-state index in [1.54, 1.807) is 0 Å². The van der Waals surface area contributed by atoms with E-state index in [9.17, 15) is 26.7 Å². The van der Waals surface area contributed by atoms with E-state index in [0.29, 0.717) is 12.2 Å². The average Bonchev–Trinajstić information content (AvgIpc) is 2.80. The Morgan fingerprint density at radius 3 is 2.42 bits per heavy atom. The summed E-state index contributed by atoms with van der Waals surface area (Å²) in [6, 6.07) is 9.16. The van der Waals surface area contributed by atoms with E-state index < -0.39 is 26.0 Å². The number of rotatable bonds is 10. The van der Waals surface area contributed by atoms with Gasteiger partial charge in [-0.2, -0.15) is 4.31 Å². The quantitative estimate of drug-likeness (QED) is 0.425. The van der Waals surface area contributed by atoms with E-state index in [-0.39, 0.29) is 47.3 Å². The molecule has 12 heteroatoms. The molecule has 0 aromatic heterocycles. The monoisotopic (exact) mass is 497 g/mol. The Bertz CT molecular complexity index is 1210. The zero-order valence-electron chi connectivity index (χ0n) is 18.2. The van der Waals surface area contributed by atoms with E-state index in [4.69, 9.17) is 4.74 Å².